The molecule has 1 aromatic rings. The molecule has 0 saturated carbocycles. The van der Waals surface area contributed by atoms with Crippen LogP contribution in [0.3, 0.4) is 0 Å². The molecule has 0 unspecified atom stereocenters. The Balaban J connectivity index is 2.94. The highest BCUT2D eigenvalue weighted by Gasteiger charge is 2.17. The van der Waals surface area contributed by atoms with Gasteiger partial charge in [0.05, 0.1) is 17.1 Å². The summed E-state index contributed by atoms with van der Waals surface area (Å²) in [6.07, 6.45) is 0. The summed E-state index contributed by atoms with van der Waals surface area (Å²) in [5, 5.41) is 20.9. The second kappa shape index (κ2) is 5.96. The average molecular weight is 274 g/mol. The molecule has 0 radical (unpaired) electrons. The lowest BCUT2D eigenvalue weighted by Crippen LogP contribution is -2.29. The van der Waals surface area contributed by atoms with E-state index in [1.807, 2.05) is 0 Å². The van der Waals surface area contributed by atoms with Crippen LogP contribution in [-0.4, -0.2) is 28.5 Å². The van der Waals surface area contributed by atoms with Crippen LogP contribution >= 0.6 is 12.1 Å². The number of hydrogen-bond acceptors (Lipinski definition) is 5. The molecule has 0 spiro atoms. The van der Waals surface area contributed by atoms with E-state index in [1.54, 1.807) is 0 Å². The van der Waals surface area contributed by atoms with Gasteiger partial charge < -0.3 is 10.4 Å². The van der Waals surface area contributed by atoms with Gasteiger partial charge in [-0.3, -0.25) is 19.7 Å². The van der Waals surface area contributed by atoms with Crippen LogP contribution in [-0.2, 0) is 4.79 Å². The number of nitrogens with zero attached hydrogens (tertiary/aromatic N) is 1. The van der Waals surface area contributed by atoms with Crippen molar-refractivity contribution in [2.75, 3.05) is 6.54 Å². The van der Waals surface area contributed by atoms with Crippen LogP contribution in [0, 0.1) is 10.1 Å². The predicted molar refractivity (Wildman–Crippen MR) is 60.0 cm³/mol. The summed E-state index contributed by atoms with van der Waals surface area (Å²) >= 11 is -0.358. The quantitative estimate of drug-likeness (QED) is 0.620. The van der Waals surface area contributed by atoms with Crippen molar-refractivity contribution in [3.8, 4) is 0 Å². The first-order chi connectivity index (χ1) is 8.45. The summed E-state index contributed by atoms with van der Waals surface area (Å²) in [6, 6.07) is 3.09. The van der Waals surface area contributed by atoms with Gasteiger partial charge in [-0.15, -0.1) is 0 Å². The van der Waals surface area contributed by atoms with Crippen molar-refractivity contribution in [1.29, 1.82) is 0 Å². The van der Waals surface area contributed by atoms with Crippen LogP contribution in [0.2, 0.25) is 0 Å². The summed E-state index contributed by atoms with van der Waals surface area (Å²) in [5.74, 6) is -1.98. The molecule has 0 aliphatic carbocycles. The first-order valence-corrected chi connectivity index (χ1v) is 5.24. The molecule has 2 N–H and O–H groups in total. The smallest absolute Gasteiger partial charge is 0.322 e. The first-order valence-electron chi connectivity index (χ1n) is 4.52. The molecule has 9 heteroatoms. The van der Waals surface area contributed by atoms with E-state index in [-0.39, 0.29) is 22.6 Å². The number of nitro groups is 1. The number of carbonyl (C=O) groups excluding carboxylic acids is 1. The maximum Gasteiger partial charge on any atom is 0.322 e. The predicted octanol–water partition coefficient (Wildman–Crippen LogP) is 1.39. The average Bonchev–Trinajstić information content (AvgIpc) is 2.34. The Morgan fingerprint density at radius 1 is 1.50 bits per heavy atom. The van der Waals surface area contributed by atoms with E-state index in [0.717, 1.165) is 18.2 Å². The van der Waals surface area contributed by atoms with Gasteiger partial charge in [0.25, 0.3) is 11.6 Å². The minimum absolute atomic E-state index is 0.0537. The van der Waals surface area contributed by atoms with E-state index in [4.69, 9.17) is 5.11 Å². The van der Waals surface area contributed by atoms with Gasteiger partial charge in [0.1, 0.15) is 11.4 Å². The maximum atomic E-state index is 12.5. The lowest BCUT2D eigenvalue weighted by Gasteiger charge is -2.03. The number of hydrogen-bond donors (Lipinski definition) is 2. The van der Waals surface area contributed by atoms with Gasteiger partial charge >= 0.3 is 5.97 Å². The molecule has 0 aromatic heterocycles. The van der Waals surface area contributed by atoms with Crippen LogP contribution in [0.1, 0.15) is 10.4 Å². The summed E-state index contributed by atoms with van der Waals surface area (Å²) in [6.45, 7) is -0.589. The molecule has 96 valence electrons. The molecular formula is C9H7FN2O5S. The van der Waals surface area contributed by atoms with Gasteiger partial charge in [-0.05, 0) is 12.1 Å². The van der Waals surface area contributed by atoms with Crippen molar-refractivity contribution in [3.63, 3.8) is 0 Å². The molecule has 0 fully saturated rings. The summed E-state index contributed by atoms with van der Waals surface area (Å²) in [7, 11) is 0. The van der Waals surface area contributed by atoms with Crippen molar-refractivity contribution in [2.24, 2.45) is 0 Å². The Hall–Kier alpha value is -2.16. The number of nitro benzene ring substituents is 1. The van der Waals surface area contributed by atoms with Gasteiger partial charge in [-0.25, -0.2) is 0 Å². The largest absolute Gasteiger partial charge is 0.480 e. The fourth-order valence-corrected chi connectivity index (χ4v) is 1.52. The van der Waals surface area contributed by atoms with Crippen molar-refractivity contribution in [2.45, 2.75) is 4.90 Å². The monoisotopic (exact) mass is 274 g/mol. The van der Waals surface area contributed by atoms with E-state index in [1.165, 1.54) is 0 Å². The summed E-state index contributed by atoms with van der Waals surface area (Å²) in [5.41, 5.74) is -0.515. The minimum atomic E-state index is -1.23. The second-order valence-electron chi connectivity index (χ2n) is 3.09. The normalized spacial score (nSPS) is 9.83. The van der Waals surface area contributed by atoms with E-state index in [0.29, 0.717) is 0 Å². The molecule has 0 saturated heterocycles. The molecule has 1 rings (SSSR count). The molecule has 0 heterocycles. The number of carboxylic acids is 1. The number of halogens is 1. The van der Waals surface area contributed by atoms with Crippen LogP contribution in [0.4, 0.5) is 9.57 Å². The van der Waals surface area contributed by atoms with Crippen LogP contribution in [0.15, 0.2) is 23.1 Å². The Morgan fingerprint density at radius 3 is 2.67 bits per heavy atom. The highest BCUT2D eigenvalue weighted by atomic mass is 32.2. The molecule has 1 amide bonds. The lowest BCUT2D eigenvalue weighted by molar-refractivity contribution is -0.387. The third-order valence-corrected chi connectivity index (χ3v) is 2.40. The number of aliphatic carboxylic acids is 1. The summed E-state index contributed by atoms with van der Waals surface area (Å²) in [4.78, 5) is 31.1. The topological polar surface area (TPSA) is 110 Å². The highest BCUT2D eigenvalue weighted by Crippen LogP contribution is 2.30. The molecule has 0 bridgehead atoms. The van der Waals surface area contributed by atoms with Crippen LogP contribution in [0.25, 0.3) is 0 Å². The number of benzene rings is 1. The van der Waals surface area contributed by atoms with E-state index < -0.39 is 29.0 Å². The molecule has 0 atom stereocenters. The Morgan fingerprint density at radius 2 is 2.17 bits per heavy atom. The summed E-state index contributed by atoms with van der Waals surface area (Å²) < 4.78 is 12.5. The fraction of sp³-hybridized carbons (Fsp3) is 0.111. The zero-order chi connectivity index (χ0) is 13.7. The standard InChI is InChI=1S/C9H7FN2O5S/c10-18-7-3-5(1-2-6(7)12(16)17)9(15)11-4-8(13)14/h1-3H,4H2,(H,11,15)(H,13,14). The van der Waals surface area contributed by atoms with E-state index in [9.17, 15) is 23.6 Å². The third kappa shape index (κ3) is 3.42. The fourth-order valence-electron chi connectivity index (χ4n) is 1.13. The van der Waals surface area contributed by atoms with Crippen molar-refractivity contribution in [1.82, 2.24) is 5.32 Å². The number of amides is 1. The van der Waals surface area contributed by atoms with Crippen molar-refractivity contribution < 1.29 is 23.5 Å². The van der Waals surface area contributed by atoms with Gasteiger partial charge in [0, 0.05) is 11.6 Å². The highest BCUT2D eigenvalue weighted by molar-refractivity contribution is 7.94. The van der Waals surface area contributed by atoms with E-state index in [2.05, 4.69) is 5.32 Å². The minimum Gasteiger partial charge on any atom is -0.480 e. The maximum absolute atomic E-state index is 12.5. The SMILES string of the molecule is O=C(O)CNC(=O)c1ccc([N+](=O)[O-])c(SF)c1. The number of nitrogens with one attached hydrogen (secondary N) is 1. The van der Waals surface area contributed by atoms with Crippen molar-refractivity contribution in [3.05, 3.63) is 33.9 Å². The Bertz CT molecular complexity index is 508. The number of rotatable bonds is 5. The number of carbonyl (C=O) groups is 2. The third-order valence-electron chi connectivity index (χ3n) is 1.90. The van der Waals surface area contributed by atoms with Gasteiger partial charge in [-0.1, -0.05) is 0 Å². The molecule has 7 nitrogen and oxygen atoms in total. The zero-order valence-electron chi connectivity index (χ0n) is 8.75. The van der Waals surface area contributed by atoms with Crippen molar-refractivity contribution >= 4 is 29.7 Å². The second-order valence-corrected chi connectivity index (χ2v) is 3.69. The Labute approximate surface area is 104 Å². The lowest BCUT2D eigenvalue weighted by atomic mass is 10.2. The molecule has 1 aromatic carbocycles. The van der Waals surface area contributed by atoms with Gasteiger partial charge in [0.15, 0.2) is 0 Å². The van der Waals surface area contributed by atoms with Gasteiger partial charge in [-0.2, -0.15) is 3.89 Å². The molecule has 0 aliphatic rings. The van der Waals surface area contributed by atoms with Gasteiger partial charge in [0.2, 0.25) is 0 Å². The van der Waals surface area contributed by atoms with Crippen LogP contribution in [0.5, 0.6) is 0 Å². The van der Waals surface area contributed by atoms with Crippen LogP contribution < -0.4 is 5.32 Å². The molecule has 18 heavy (non-hydrogen) atoms. The molecular weight excluding hydrogens is 267 g/mol. The first kappa shape index (κ1) is 13.9. The number of carboxylic acid groups (broad SMARTS) is 1. The molecule has 0 aliphatic heterocycles. The Kier molecular flexibility index (Phi) is 4.60. The zero-order valence-corrected chi connectivity index (χ0v) is 9.57. The van der Waals surface area contributed by atoms with E-state index >= 15 is 0 Å².